The molecule has 0 atom stereocenters. The van der Waals surface area contributed by atoms with Gasteiger partial charge < -0.3 is 10.0 Å². The molecule has 2 rings (SSSR count). The SMILES string of the molecule is O=C(O)CCN1CCC(c2ccc(C(F)(F)F)cc2)CC1. The van der Waals surface area contributed by atoms with E-state index < -0.39 is 17.7 Å². The Morgan fingerprint density at radius 2 is 1.76 bits per heavy atom. The van der Waals surface area contributed by atoms with Crippen molar-refractivity contribution in [2.45, 2.75) is 31.4 Å². The largest absolute Gasteiger partial charge is 0.481 e. The Morgan fingerprint density at radius 1 is 1.19 bits per heavy atom. The topological polar surface area (TPSA) is 40.5 Å². The average molecular weight is 301 g/mol. The highest BCUT2D eigenvalue weighted by Gasteiger charge is 2.30. The first-order valence-corrected chi connectivity index (χ1v) is 6.97. The zero-order valence-corrected chi connectivity index (χ0v) is 11.6. The third-order valence-corrected chi connectivity index (χ3v) is 3.94. The van der Waals surface area contributed by atoms with Gasteiger partial charge in [0.05, 0.1) is 12.0 Å². The van der Waals surface area contributed by atoms with Crippen molar-refractivity contribution in [3.8, 4) is 0 Å². The fourth-order valence-electron chi connectivity index (χ4n) is 2.69. The molecule has 0 aliphatic carbocycles. The monoisotopic (exact) mass is 301 g/mol. The summed E-state index contributed by atoms with van der Waals surface area (Å²) in [5.41, 5.74) is 0.311. The molecular weight excluding hydrogens is 283 g/mol. The minimum absolute atomic E-state index is 0.130. The third kappa shape index (κ3) is 4.46. The van der Waals surface area contributed by atoms with Gasteiger partial charge in [0.15, 0.2) is 0 Å². The summed E-state index contributed by atoms with van der Waals surface area (Å²) in [5.74, 6) is -0.548. The number of carboxylic acid groups (broad SMARTS) is 1. The number of hydrogen-bond acceptors (Lipinski definition) is 2. The smallest absolute Gasteiger partial charge is 0.416 e. The van der Waals surface area contributed by atoms with E-state index >= 15 is 0 Å². The van der Waals surface area contributed by atoms with Crippen molar-refractivity contribution in [2.75, 3.05) is 19.6 Å². The van der Waals surface area contributed by atoms with Crippen molar-refractivity contribution in [3.63, 3.8) is 0 Å². The van der Waals surface area contributed by atoms with Crippen molar-refractivity contribution in [1.29, 1.82) is 0 Å². The molecule has 0 saturated carbocycles. The maximum atomic E-state index is 12.5. The van der Waals surface area contributed by atoms with Crippen molar-refractivity contribution < 1.29 is 23.1 Å². The van der Waals surface area contributed by atoms with E-state index in [9.17, 15) is 18.0 Å². The van der Waals surface area contributed by atoms with Crippen molar-refractivity contribution in [1.82, 2.24) is 4.90 Å². The Morgan fingerprint density at radius 3 is 2.24 bits per heavy atom. The van der Waals surface area contributed by atoms with E-state index in [2.05, 4.69) is 4.90 Å². The summed E-state index contributed by atoms with van der Waals surface area (Å²) in [4.78, 5) is 12.6. The Hall–Kier alpha value is -1.56. The van der Waals surface area contributed by atoms with Crippen LogP contribution >= 0.6 is 0 Å². The first-order valence-electron chi connectivity index (χ1n) is 6.97. The summed E-state index contributed by atoms with van der Waals surface area (Å²) in [6.45, 7) is 2.12. The zero-order valence-electron chi connectivity index (χ0n) is 11.6. The van der Waals surface area contributed by atoms with Crippen LogP contribution in [0.4, 0.5) is 13.2 Å². The van der Waals surface area contributed by atoms with Crippen LogP contribution in [0.5, 0.6) is 0 Å². The summed E-state index contributed by atoms with van der Waals surface area (Å²) >= 11 is 0. The first kappa shape index (κ1) is 15.8. The molecular formula is C15H18F3NO2. The van der Waals surface area contributed by atoms with Gasteiger partial charge in [-0.25, -0.2) is 0 Å². The standard InChI is InChI=1S/C15H18F3NO2/c16-15(17,18)13-3-1-11(2-4-13)12-5-8-19(9-6-12)10-7-14(20)21/h1-4,12H,5-10H2,(H,20,21). The summed E-state index contributed by atoms with van der Waals surface area (Å²) in [5, 5.41) is 8.65. The van der Waals surface area contributed by atoms with Gasteiger partial charge in [0, 0.05) is 6.54 Å². The lowest BCUT2D eigenvalue weighted by atomic mass is 9.89. The van der Waals surface area contributed by atoms with Gasteiger partial charge in [0.1, 0.15) is 0 Å². The number of likely N-dealkylation sites (tertiary alicyclic amines) is 1. The molecule has 0 aromatic heterocycles. The summed E-state index contributed by atoms with van der Waals surface area (Å²) in [6.07, 6.45) is -2.46. The molecule has 1 saturated heterocycles. The molecule has 0 spiro atoms. The minimum Gasteiger partial charge on any atom is -0.481 e. The van der Waals surface area contributed by atoms with Crippen LogP contribution in [0.1, 0.15) is 36.3 Å². The number of halogens is 3. The molecule has 1 aliphatic heterocycles. The van der Waals surface area contributed by atoms with Crippen LogP contribution in [0.15, 0.2) is 24.3 Å². The second kappa shape index (κ2) is 6.47. The molecule has 6 heteroatoms. The molecule has 1 fully saturated rings. The van der Waals surface area contributed by atoms with E-state index in [1.165, 1.54) is 0 Å². The number of hydrogen-bond donors (Lipinski definition) is 1. The number of carbonyl (C=O) groups is 1. The zero-order chi connectivity index (χ0) is 15.5. The number of nitrogens with zero attached hydrogens (tertiary/aromatic N) is 1. The summed E-state index contributed by atoms with van der Waals surface area (Å²) in [7, 11) is 0. The van der Waals surface area contributed by atoms with E-state index in [0.717, 1.165) is 43.6 Å². The number of rotatable bonds is 4. The Labute approximate surface area is 121 Å². The molecule has 21 heavy (non-hydrogen) atoms. The van der Waals surface area contributed by atoms with Gasteiger partial charge in [-0.15, -0.1) is 0 Å². The second-order valence-corrected chi connectivity index (χ2v) is 5.38. The molecule has 1 aliphatic rings. The number of aliphatic carboxylic acids is 1. The molecule has 1 aromatic carbocycles. The molecule has 0 radical (unpaired) electrons. The summed E-state index contributed by atoms with van der Waals surface area (Å²) in [6, 6.07) is 5.37. The average Bonchev–Trinajstić information content (AvgIpc) is 2.45. The van der Waals surface area contributed by atoms with Crippen LogP contribution in [0.3, 0.4) is 0 Å². The predicted octanol–water partition coefficient (Wildman–Crippen LogP) is 3.36. The van der Waals surface area contributed by atoms with Gasteiger partial charge in [-0.1, -0.05) is 12.1 Å². The lowest BCUT2D eigenvalue weighted by molar-refractivity contribution is -0.138. The highest BCUT2D eigenvalue weighted by atomic mass is 19.4. The normalized spacial score (nSPS) is 17.9. The lowest BCUT2D eigenvalue weighted by Gasteiger charge is -2.31. The predicted molar refractivity (Wildman–Crippen MR) is 72.1 cm³/mol. The maximum absolute atomic E-state index is 12.5. The van der Waals surface area contributed by atoms with Crippen LogP contribution in [-0.2, 0) is 11.0 Å². The molecule has 1 heterocycles. The van der Waals surface area contributed by atoms with Gasteiger partial charge in [0.25, 0.3) is 0 Å². The van der Waals surface area contributed by atoms with Gasteiger partial charge >= 0.3 is 12.1 Å². The number of benzene rings is 1. The Bertz CT molecular complexity index is 477. The fourth-order valence-corrected chi connectivity index (χ4v) is 2.69. The van der Waals surface area contributed by atoms with Crippen LogP contribution in [-0.4, -0.2) is 35.6 Å². The summed E-state index contributed by atoms with van der Waals surface area (Å²) < 4.78 is 37.5. The number of piperidine rings is 1. The van der Waals surface area contributed by atoms with Crippen molar-refractivity contribution in [3.05, 3.63) is 35.4 Å². The van der Waals surface area contributed by atoms with Gasteiger partial charge in [-0.2, -0.15) is 13.2 Å². The van der Waals surface area contributed by atoms with E-state index in [4.69, 9.17) is 5.11 Å². The van der Waals surface area contributed by atoms with E-state index in [0.29, 0.717) is 6.54 Å². The van der Waals surface area contributed by atoms with Crippen LogP contribution in [0, 0.1) is 0 Å². The lowest BCUT2D eigenvalue weighted by Crippen LogP contribution is -2.34. The van der Waals surface area contributed by atoms with Crippen LogP contribution < -0.4 is 0 Å². The van der Waals surface area contributed by atoms with Crippen LogP contribution in [0.25, 0.3) is 0 Å². The first-order chi connectivity index (χ1) is 9.86. The molecule has 0 bridgehead atoms. The number of carboxylic acids is 1. The Kier molecular flexibility index (Phi) is 4.88. The quantitative estimate of drug-likeness (QED) is 0.927. The molecule has 1 aromatic rings. The fraction of sp³-hybridized carbons (Fsp3) is 0.533. The van der Waals surface area contributed by atoms with Crippen LogP contribution in [0.2, 0.25) is 0 Å². The molecule has 116 valence electrons. The second-order valence-electron chi connectivity index (χ2n) is 5.38. The van der Waals surface area contributed by atoms with E-state index in [-0.39, 0.29) is 12.3 Å². The van der Waals surface area contributed by atoms with Crippen molar-refractivity contribution in [2.24, 2.45) is 0 Å². The highest BCUT2D eigenvalue weighted by Crippen LogP contribution is 2.32. The minimum atomic E-state index is -4.29. The Balaban J connectivity index is 1.89. The van der Waals surface area contributed by atoms with Gasteiger partial charge in [0.2, 0.25) is 0 Å². The van der Waals surface area contributed by atoms with E-state index in [1.807, 2.05) is 0 Å². The van der Waals surface area contributed by atoms with Gasteiger partial charge in [-0.05, 0) is 49.5 Å². The molecule has 0 amide bonds. The third-order valence-electron chi connectivity index (χ3n) is 3.94. The molecule has 1 N–H and O–H groups in total. The maximum Gasteiger partial charge on any atom is 0.416 e. The molecule has 3 nitrogen and oxygen atoms in total. The van der Waals surface area contributed by atoms with Gasteiger partial charge in [-0.3, -0.25) is 4.79 Å². The van der Waals surface area contributed by atoms with E-state index in [1.54, 1.807) is 12.1 Å². The highest BCUT2D eigenvalue weighted by molar-refractivity contribution is 5.66. The van der Waals surface area contributed by atoms with Crippen molar-refractivity contribution >= 4 is 5.97 Å². The number of alkyl halides is 3. The molecule has 0 unspecified atom stereocenters.